The van der Waals surface area contributed by atoms with Crippen molar-refractivity contribution in [1.82, 2.24) is 4.57 Å². The van der Waals surface area contributed by atoms with Crippen molar-refractivity contribution in [2.45, 2.75) is 19.8 Å². The Bertz CT molecular complexity index is 917. The molecule has 0 atom stereocenters. The molecule has 1 amide bonds. The van der Waals surface area contributed by atoms with E-state index < -0.39 is 6.09 Å². The molecule has 2 N–H and O–H groups in total. The molecule has 6 heteroatoms. The predicted octanol–water partition coefficient (Wildman–Crippen LogP) is 4.96. The molecule has 0 saturated heterocycles. The van der Waals surface area contributed by atoms with Gasteiger partial charge in [0.15, 0.2) is 0 Å². The number of nitrogens with zero attached hydrogens (tertiary/aromatic N) is 1. The largest absolute Gasteiger partial charge is 0.410 e. The normalized spacial score (nSPS) is 11.2. The van der Waals surface area contributed by atoms with Crippen LogP contribution in [0.1, 0.15) is 25.5 Å². The van der Waals surface area contributed by atoms with Crippen molar-refractivity contribution in [3.63, 3.8) is 0 Å². The molecule has 24 heavy (non-hydrogen) atoms. The van der Waals surface area contributed by atoms with Gasteiger partial charge < -0.3 is 15.0 Å². The summed E-state index contributed by atoms with van der Waals surface area (Å²) < 4.78 is 21.5. The number of fused-ring (bicyclic) bond motifs is 1. The van der Waals surface area contributed by atoms with Crippen LogP contribution in [0.5, 0.6) is 5.75 Å². The maximum Gasteiger partial charge on any atom is 0.409 e. The lowest BCUT2D eigenvalue weighted by atomic mass is 10.1. The highest BCUT2D eigenvalue weighted by molar-refractivity contribution is 14.1. The van der Waals surface area contributed by atoms with Crippen molar-refractivity contribution in [2.24, 2.45) is 5.73 Å². The van der Waals surface area contributed by atoms with E-state index in [4.69, 9.17) is 10.5 Å². The van der Waals surface area contributed by atoms with E-state index in [1.807, 2.05) is 6.07 Å². The minimum Gasteiger partial charge on any atom is -0.410 e. The van der Waals surface area contributed by atoms with Gasteiger partial charge in [0, 0.05) is 15.0 Å². The Morgan fingerprint density at radius 2 is 1.88 bits per heavy atom. The first-order valence-corrected chi connectivity index (χ1v) is 8.54. The van der Waals surface area contributed by atoms with Gasteiger partial charge in [-0.2, -0.15) is 0 Å². The zero-order valence-corrected chi connectivity index (χ0v) is 15.4. The third-order valence-corrected chi connectivity index (χ3v) is 4.86. The summed E-state index contributed by atoms with van der Waals surface area (Å²) in [5.74, 6) is 0.358. The summed E-state index contributed by atoms with van der Waals surface area (Å²) in [6, 6.07) is 11.8. The lowest BCUT2D eigenvalue weighted by Gasteiger charge is -2.14. The monoisotopic (exact) mass is 438 g/mol. The maximum atomic E-state index is 13.3. The van der Waals surface area contributed by atoms with Gasteiger partial charge in [-0.15, -0.1) is 0 Å². The Morgan fingerprint density at radius 3 is 2.46 bits per heavy atom. The van der Waals surface area contributed by atoms with Gasteiger partial charge in [-0.1, -0.05) is 19.9 Å². The summed E-state index contributed by atoms with van der Waals surface area (Å²) >= 11 is 2.25. The first-order valence-electron chi connectivity index (χ1n) is 7.46. The second-order valence-electron chi connectivity index (χ2n) is 5.74. The molecule has 3 rings (SSSR count). The van der Waals surface area contributed by atoms with Crippen LogP contribution in [0.15, 0.2) is 42.5 Å². The topological polar surface area (TPSA) is 57.2 Å². The van der Waals surface area contributed by atoms with Crippen LogP contribution >= 0.6 is 22.6 Å². The lowest BCUT2D eigenvalue weighted by molar-refractivity contribution is 0.211. The molecule has 3 aromatic rings. The number of amides is 1. The fourth-order valence-electron chi connectivity index (χ4n) is 2.86. The van der Waals surface area contributed by atoms with E-state index in [0.29, 0.717) is 5.75 Å². The minimum absolute atomic E-state index is 0.218. The highest BCUT2D eigenvalue weighted by Crippen LogP contribution is 2.39. The maximum absolute atomic E-state index is 13.3. The molecule has 4 nitrogen and oxygen atoms in total. The van der Waals surface area contributed by atoms with E-state index in [2.05, 4.69) is 41.0 Å². The van der Waals surface area contributed by atoms with Crippen molar-refractivity contribution in [2.75, 3.05) is 0 Å². The quantitative estimate of drug-likeness (QED) is 0.589. The molecule has 0 unspecified atom stereocenters. The molecule has 0 bridgehead atoms. The van der Waals surface area contributed by atoms with Crippen molar-refractivity contribution in [3.05, 3.63) is 57.5 Å². The smallest absolute Gasteiger partial charge is 0.409 e. The Hall–Kier alpha value is -2.09. The third-order valence-electron chi connectivity index (χ3n) is 3.77. The van der Waals surface area contributed by atoms with Crippen LogP contribution in [0.2, 0.25) is 0 Å². The SMILES string of the molecule is CC(C)c1c(I)c2c(OC(N)=O)cccc2n1-c1ccc(F)cc1. The van der Waals surface area contributed by atoms with Gasteiger partial charge in [-0.25, -0.2) is 9.18 Å². The van der Waals surface area contributed by atoms with Crippen molar-refractivity contribution in [1.29, 1.82) is 0 Å². The van der Waals surface area contributed by atoms with E-state index >= 15 is 0 Å². The highest BCUT2D eigenvalue weighted by atomic mass is 127. The van der Waals surface area contributed by atoms with Crippen LogP contribution in [0.25, 0.3) is 16.6 Å². The zero-order chi connectivity index (χ0) is 17.4. The fourth-order valence-corrected chi connectivity index (χ4v) is 4.26. The number of rotatable bonds is 3. The number of nitrogens with two attached hydrogens (primary N) is 1. The summed E-state index contributed by atoms with van der Waals surface area (Å²) in [5, 5.41) is 0.824. The molecule has 2 aromatic carbocycles. The molecule has 1 heterocycles. The van der Waals surface area contributed by atoms with Gasteiger partial charge in [0.25, 0.3) is 0 Å². The zero-order valence-electron chi connectivity index (χ0n) is 13.2. The number of carbonyl (C=O) groups excluding carboxylic acids is 1. The van der Waals surface area contributed by atoms with E-state index in [9.17, 15) is 9.18 Å². The Kier molecular flexibility index (Phi) is 4.49. The van der Waals surface area contributed by atoms with Crippen molar-refractivity contribution in [3.8, 4) is 11.4 Å². The number of benzene rings is 2. The summed E-state index contributed by atoms with van der Waals surface area (Å²) in [6.45, 7) is 4.18. The number of hydrogen-bond acceptors (Lipinski definition) is 2. The molecule has 124 valence electrons. The lowest BCUT2D eigenvalue weighted by Crippen LogP contribution is -2.16. The van der Waals surface area contributed by atoms with Gasteiger partial charge in [-0.05, 0) is 64.9 Å². The van der Waals surface area contributed by atoms with Gasteiger partial charge in [0.1, 0.15) is 11.6 Å². The second-order valence-corrected chi connectivity index (χ2v) is 6.82. The first kappa shape index (κ1) is 16.8. The van der Waals surface area contributed by atoms with Gasteiger partial charge in [0.2, 0.25) is 0 Å². The molecule has 0 aliphatic carbocycles. The standard InChI is InChI=1S/C18H16FIN2O2/c1-10(2)17-16(20)15-13(4-3-5-14(15)24-18(21)23)22(17)12-8-6-11(19)7-9-12/h3-10H,1-2H3,(H2,21,23). The minimum atomic E-state index is -0.848. The molecular weight excluding hydrogens is 422 g/mol. The molecule has 1 aromatic heterocycles. The van der Waals surface area contributed by atoms with Gasteiger partial charge >= 0.3 is 6.09 Å². The summed E-state index contributed by atoms with van der Waals surface area (Å²) in [4.78, 5) is 11.2. The number of aromatic nitrogens is 1. The number of halogens is 2. The number of hydrogen-bond donors (Lipinski definition) is 1. The van der Waals surface area contributed by atoms with Crippen molar-refractivity contribution >= 4 is 39.6 Å². The molecule has 0 aliphatic rings. The first-order chi connectivity index (χ1) is 11.4. The van der Waals surface area contributed by atoms with Gasteiger partial charge in [-0.3, -0.25) is 0 Å². The van der Waals surface area contributed by atoms with E-state index in [-0.39, 0.29) is 11.7 Å². The molecule has 0 spiro atoms. The summed E-state index contributed by atoms with van der Waals surface area (Å²) in [7, 11) is 0. The van der Waals surface area contributed by atoms with Gasteiger partial charge in [0.05, 0.1) is 10.9 Å². The Morgan fingerprint density at radius 1 is 1.21 bits per heavy atom. The Labute approximate surface area is 152 Å². The van der Waals surface area contributed by atoms with Crippen LogP contribution in [0.4, 0.5) is 9.18 Å². The molecule has 0 fully saturated rings. The van der Waals surface area contributed by atoms with E-state index in [1.54, 1.807) is 24.3 Å². The predicted molar refractivity (Wildman–Crippen MR) is 100 cm³/mol. The number of ether oxygens (including phenoxy) is 1. The third kappa shape index (κ3) is 2.86. The van der Waals surface area contributed by atoms with Crippen LogP contribution < -0.4 is 10.5 Å². The second kappa shape index (κ2) is 6.43. The molecule has 0 saturated carbocycles. The summed E-state index contributed by atoms with van der Waals surface area (Å²) in [5.41, 5.74) is 7.99. The van der Waals surface area contributed by atoms with Crippen LogP contribution in [-0.4, -0.2) is 10.7 Å². The van der Waals surface area contributed by atoms with Crippen LogP contribution in [-0.2, 0) is 0 Å². The van der Waals surface area contributed by atoms with Crippen LogP contribution in [0.3, 0.4) is 0 Å². The molecule has 0 aliphatic heterocycles. The average molecular weight is 438 g/mol. The number of primary amides is 1. The average Bonchev–Trinajstić information content (AvgIpc) is 2.82. The van der Waals surface area contributed by atoms with Crippen LogP contribution in [0, 0.1) is 9.39 Å². The highest BCUT2D eigenvalue weighted by Gasteiger charge is 2.22. The number of carbonyl (C=O) groups is 1. The Balaban J connectivity index is 2.37. The summed E-state index contributed by atoms with van der Waals surface area (Å²) in [6.07, 6.45) is -0.848. The van der Waals surface area contributed by atoms with E-state index in [0.717, 1.165) is 25.9 Å². The molecular formula is C18H16FIN2O2. The van der Waals surface area contributed by atoms with Crippen molar-refractivity contribution < 1.29 is 13.9 Å². The van der Waals surface area contributed by atoms with E-state index in [1.165, 1.54) is 12.1 Å². The fraction of sp³-hybridized carbons (Fsp3) is 0.167. The molecule has 0 radical (unpaired) electrons.